The number of aromatic nitrogens is 2. The van der Waals surface area contributed by atoms with E-state index in [1.165, 1.54) is 41.6 Å². The highest BCUT2D eigenvalue weighted by Crippen LogP contribution is 2.39. The second kappa shape index (κ2) is 5.64. The molecule has 3 rings (SSSR count). The van der Waals surface area contributed by atoms with Gasteiger partial charge in [-0.05, 0) is 55.7 Å². The summed E-state index contributed by atoms with van der Waals surface area (Å²) in [4.78, 5) is 0. The van der Waals surface area contributed by atoms with Gasteiger partial charge >= 0.3 is 0 Å². The topological polar surface area (TPSA) is 43.8 Å². The summed E-state index contributed by atoms with van der Waals surface area (Å²) in [5, 5.41) is 4.50. The van der Waals surface area contributed by atoms with E-state index in [0.29, 0.717) is 0 Å². The average molecular weight is 283 g/mol. The van der Waals surface area contributed by atoms with Crippen LogP contribution >= 0.6 is 0 Å². The van der Waals surface area contributed by atoms with Gasteiger partial charge in [0.1, 0.15) is 0 Å². The number of nitrogens with zero attached hydrogens (tertiary/aromatic N) is 2. The maximum atomic E-state index is 6.55. The predicted octanol–water partition coefficient (Wildman–Crippen LogP) is 3.55. The van der Waals surface area contributed by atoms with Crippen molar-refractivity contribution in [1.29, 1.82) is 0 Å². The summed E-state index contributed by atoms with van der Waals surface area (Å²) in [5.74, 6) is 0.725. The zero-order valence-corrected chi connectivity index (χ0v) is 13.3. The van der Waals surface area contributed by atoms with E-state index in [1.807, 2.05) is 11.7 Å². The first-order valence-corrected chi connectivity index (χ1v) is 7.91. The quantitative estimate of drug-likeness (QED) is 0.932. The second-order valence-electron chi connectivity index (χ2n) is 6.34. The molecule has 112 valence electrons. The lowest BCUT2D eigenvalue weighted by Crippen LogP contribution is -2.19. The van der Waals surface area contributed by atoms with E-state index in [9.17, 15) is 0 Å². The Hall–Kier alpha value is -1.61. The van der Waals surface area contributed by atoms with E-state index >= 15 is 0 Å². The van der Waals surface area contributed by atoms with E-state index in [1.54, 1.807) is 0 Å². The Bertz CT molecular complexity index is 638. The maximum Gasteiger partial charge on any atom is 0.0629 e. The van der Waals surface area contributed by atoms with Crippen LogP contribution in [-0.2, 0) is 13.5 Å². The van der Waals surface area contributed by atoms with Crippen LogP contribution in [0.15, 0.2) is 24.3 Å². The minimum Gasteiger partial charge on any atom is -0.324 e. The third-order valence-electron chi connectivity index (χ3n) is 5.02. The van der Waals surface area contributed by atoms with E-state index < -0.39 is 0 Å². The molecule has 3 nitrogen and oxygen atoms in total. The van der Waals surface area contributed by atoms with Crippen molar-refractivity contribution in [1.82, 2.24) is 9.78 Å². The van der Waals surface area contributed by atoms with Crippen LogP contribution in [0.5, 0.6) is 0 Å². The molecule has 0 bridgehead atoms. The SMILES string of the molecule is Cc1nn(C)c(C)c1CC(N)c1ccccc1C1CCC1. The standard InChI is InChI=1S/C18H25N3/c1-12-17(13(2)21(3)20-12)11-18(19)16-10-5-4-9-15(16)14-7-6-8-14/h4-5,9-10,14,18H,6-8,11,19H2,1-3H3. The molecular formula is C18H25N3. The summed E-state index contributed by atoms with van der Waals surface area (Å²) < 4.78 is 1.95. The van der Waals surface area contributed by atoms with Crippen LogP contribution in [0.25, 0.3) is 0 Å². The fourth-order valence-corrected chi connectivity index (χ4v) is 3.38. The van der Waals surface area contributed by atoms with Crippen molar-refractivity contribution >= 4 is 0 Å². The van der Waals surface area contributed by atoms with E-state index in [-0.39, 0.29) is 6.04 Å². The van der Waals surface area contributed by atoms with Gasteiger partial charge in [0.2, 0.25) is 0 Å². The fourth-order valence-electron chi connectivity index (χ4n) is 3.38. The molecule has 0 spiro atoms. The highest BCUT2D eigenvalue weighted by atomic mass is 15.3. The Morgan fingerprint density at radius 2 is 2.00 bits per heavy atom. The Morgan fingerprint density at radius 1 is 1.29 bits per heavy atom. The van der Waals surface area contributed by atoms with Gasteiger partial charge < -0.3 is 5.73 Å². The number of benzene rings is 1. The van der Waals surface area contributed by atoms with Crippen molar-refractivity contribution in [2.75, 3.05) is 0 Å². The summed E-state index contributed by atoms with van der Waals surface area (Å²) in [6.45, 7) is 4.20. The number of hydrogen-bond acceptors (Lipinski definition) is 2. The van der Waals surface area contributed by atoms with Crippen molar-refractivity contribution < 1.29 is 0 Å². The molecule has 1 aliphatic rings. The molecule has 0 radical (unpaired) electrons. The fraction of sp³-hybridized carbons (Fsp3) is 0.500. The van der Waals surface area contributed by atoms with Crippen molar-refractivity contribution in [3.05, 3.63) is 52.3 Å². The Kier molecular flexibility index (Phi) is 3.85. The van der Waals surface area contributed by atoms with E-state index in [2.05, 4.69) is 43.2 Å². The molecular weight excluding hydrogens is 258 g/mol. The van der Waals surface area contributed by atoms with Gasteiger partial charge in [-0.3, -0.25) is 4.68 Å². The zero-order chi connectivity index (χ0) is 15.0. The van der Waals surface area contributed by atoms with E-state index in [0.717, 1.165) is 18.0 Å². The molecule has 1 saturated carbocycles. The minimum absolute atomic E-state index is 0.0587. The lowest BCUT2D eigenvalue weighted by Gasteiger charge is -2.29. The van der Waals surface area contributed by atoms with E-state index in [4.69, 9.17) is 5.73 Å². The second-order valence-corrected chi connectivity index (χ2v) is 6.34. The third-order valence-corrected chi connectivity index (χ3v) is 5.02. The molecule has 2 aromatic rings. The third kappa shape index (κ3) is 2.62. The molecule has 21 heavy (non-hydrogen) atoms. The largest absolute Gasteiger partial charge is 0.324 e. The maximum absolute atomic E-state index is 6.55. The van der Waals surface area contributed by atoms with Gasteiger partial charge in [-0.25, -0.2) is 0 Å². The van der Waals surface area contributed by atoms with Gasteiger partial charge in [0, 0.05) is 18.8 Å². The van der Waals surface area contributed by atoms with Crippen LogP contribution in [-0.4, -0.2) is 9.78 Å². The van der Waals surface area contributed by atoms with Crippen LogP contribution in [0.1, 0.15) is 59.3 Å². The smallest absolute Gasteiger partial charge is 0.0629 e. The molecule has 1 aliphatic carbocycles. The Balaban J connectivity index is 1.87. The molecule has 3 heteroatoms. The van der Waals surface area contributed by atoms with Crippen molar-refractivity contribution in [3.8, 4) is 0 Å². The first-order chi connectivity index (χ1) is 10.1. The molecule has 1 heterocycles. The van der Waals surface area contributed by atoms with Crippen LogP contribution < -0.4 is 5.73 Å². The van der Waals surface area contributed by atoms with Gasteiger partial charge in [-0.1, -0.05) is 30.7 Å². The monoisotopic (exact) mass is 283 g/mol. The van der Waals surface area contributed by atoms with Gasteiger partial charge in [0.25, 0.3) is 0 Å². The first kappa shape index (κ1) is 14.3. The Labute approximate surface area is 127 Å². The molecule has 0 saturated heterocycles. The van der Waals surface area contributed by atoms with Crippen LogP contribution in [0.4, 0.5) is 0 Å². The summed E-state index contributed by atoms with van der Waals surface area (Å²) in [5.41, 5.74) is 13.0. The average Bonchev–Trinajstić information content (AvgIpc) is 2.64. The molecule has 1 aromatic heterocycles. The van der Waals surface area contributed by atoms with Gasteiger partial charge in [0.15, 0.2) is 0 Å². The number of aryl methyl sites for hydroxylation is 2. The predicted molar refractivity (Wildman–Crippen MR) is 86.3 cm³/mol. The lowest BCUT2D eigenvalue weighted by molar-refractivity contribution is 0.415. The van der Waals surface area contributed by atoms with Crippen LogP contribution in [0.3, 0.4) is 0 Å². The highest BCUT2D eigenvalue weighted by Gasteiger charge is 2.24. The minimum atomic E-state index is 0.0587. The number of nitrogens with two attached hydrogens (primary N) is 1. The van der Waals surface area contributed by atoms with Gasteiger partial charge in [-0.15, -0.1) is 0 Å². The summed E-state index contributed by atoms with van der Waals surface area (Å²) >= 11 is 0. The van der Waals surface area contributed by atoms with Crippen molar-refractivity contribution in [2.24, 2.45) is 12.8 Å². The zero-order valence-electron chi connectivity index (χ0n) is 13.3. The molecule has 1 fully saturated rings. The van der Waals surface area contributed by atoms with Crippen molar-refractivity contribution in [3.63, 3.8) is 0 Å². The van der Waals surface area contributed by atoms with Crippen molar-refractivity contribution in [2.45, 2.75) is 51.5 Å². The molecule has 1 unspecified atom stereocenters. The van der Waals surface area contributed by atoms with Crippen LogP contribution in [0.2, 0.25) is 0 Å². The summed E-state index contributed by atoms with van der Waals surface area (Å²) in [6, 6.07) is 8.79. The first-order valence-electron chi connectivity index (χ1n) is 7.91. The number of hydrogen-bond donors (Lipinski definition) is 1. The van der Waals surface area contributed by atoms with Gasteiger partial charge in [-0.2, -0.15) is 5.10 Å². The number of rotatable bonds is 4. The van der Waals surface area contributed by atoms with Crippen LogP contribution in [0, 0.1) is 13.8 Å². The Morgan fingerprint density at radius 3 is 2.57 bits per heavy atom. The highest BCUT2D eigenvalue weighted by molar-refractivity contribution is 5.36. The lowest BCUT2D eigenvalue weighted by atomic mass is 9.76. The molecule has 1 aromatic carbocycles. The van der Waals surface area contributed by atoms with Gasteiger partial charge in [0.05, 0.1) is 5.69 Å². The summed E-state index contributed by atoms with van der Waals surface area (Å²) in [6.07, 6.45) is 4.85. The summed E-state index contributed by atoms with van der Waals surface area (Å²) in [7, 11) is 2.00. The molecule has 0 aliphatic heterocycles. The molecule has 0 amide bonds. The molecule has 1 atom stereocenters. The normalized spacial score (nSPS) is 16.8. The molecule has 2 N–H and O–H groups in total.